The largest absolute Gasteiger partial charge is 0.497 e. The van der Waals surface area contributed by atoms with Gasteiger partial charge in [-0.25, -0.2) is 9.61 Å². The fourth-order valence-corrected chi connectivity index (χ4v) is 3.44. The highest BCUT2D eigenvalue weighted by Gasteiger charge is 2.25. The lowest BCUT2D eigenvalue weighted by molar-refractivity contribution is 0.309. The third kappa shape index (κ3) is 3.44. The van der Waals surface area contributed by atoms with Crippen LogP contribution >= 0.6 is 0 Å². The molecule has 154 valence electrons. The van der Waals surface area contributed by atoms with Gasteiger partial charge in [0, 0.05) is 12.1 Å². The van der Waals surface area contributed by atoms with Crippen molar-refractivity contribution in [1.29, 1.82) is 0 Å². The van der Waals surface area contributed by atoms with E-state index in [0.717, 1.165) is 22.4 Å². The maximum absolute atomic E-state index is 5.43. The van der Waals surface area contributed by atoms with Crippen LogP contribution in [-0.2, 0) is 0 Å². The van der Waals surface area contributed by atoms with Crippen molar-refractivity contribution in [2.75, 3.05) is 19.1 Å². The van der Waals surface area contributed by atoms with Crippen LogP contribution in [-0.4, -0.2) is 34.5 Å². The number of methoxy groups -OCH3 is 2. The molecule has 0 radical (unpaired) electrons. The zero-order chi connectivity index (χ0) is 21.2. The Hall–Kier alpha value is -4.33. The van der Waals surface area contributed by atoms with Crippen LogP contribution in [0, 0.1) is 0 Å². The van der Waals surface area contributed by atoms with Crippen molar-refractivity contribution >= 4 is 28.2 Å². The number of benzene rings is 3. The van der Waals surface area contributed by atoms with Crippen molar-refractivity contribution in [3.8, 4) is 23.0 Å². The summed E-state index contributed by atoms with van der Waals surface area (Å²) >= 11 is 0. The second kappa shape index (κ2) is 7.83. The van der Waals surface area contributed by atoms with Gasteiger partial charge in [0.2, 0.25) is 5.82 Å². The molecule has 8 heteroatoms. The smallest absolute Gasteiger partial charge is 0.213 e. The van der Waals surface area contributed by atoms with Crippen LogP contribution in [0.25, 0.3) is 22.6 Å². The Balaban J connectivity index is 1.69. The summed E-state index contributed by atoms with van der Waals surface area (Å²) in [4.78, 5) is 9.87. The maximum Gasteiger partial charge on any atom is 0.213 e. The number of ether oxygens (including phenoxy) is 2. The Labute approximate surface area is 178 Å². The van der Waals surface area contributed by atoms with Gasteiger partial charge in [0.05, 0.1) is 36.6 Å². The average Bonchev–Trinajstić information content (AvgIpc) is 3.46. The first-order valence-corrected chi connectivity index (χ1v) is 9.63. The predicted molar refractivity (Wildman–Crippen MR) is 117 cm³/mol. The second-order valence-corrected chi connectivity index (χ2v) is 6.78. The fraction of sp³-hybridized carbons (Fsp3) is 0.0870. The predicted octanol–water partition coefficient (Wildman–Crippen LogP) is 5.10. The lowest BCUT2D eigenvalue weighted by Gasteiger charge is -2.23. The number of hydrogen-bond donors (Lipinski definition) is 1. The monoisotopic (exact) mass is 413 g/mol. The van der Waals surface area contributed by atoms with Crippen molar-refractivity contribution in [3.05, 3.63) is 72.8 Å². The van der Waals surface area contributed by atoms with E-state index >= 15 is 0 Å². The summed E-state index contributed by atoms with van der Waals surface area (Å²) in [5.41, 5.74) is 3.87. The number of aromatic nitrogens is 4. The quantitative estimate of drug-likeness (QED) is 0.414. The number of aromatic amines is 1. The van der Waals surface area contributed by atoms with Gasteiger partial charge in [0.1, 0.15) is 11.5 Å². The van der Waals surface area contributed by atoms with Gasteiger partial charge in [-0.05, 0) is 46.7 Å². The molecule has 0 amide bonds. The average molecular weight is 413 g/mol. The third-order valence-electron chi connectivity index (χ3n) is 4.92. The van der Waals surface area contributed by atoms with E-state index in [0.29, 0.717) is 28.8 Å². The highest BCUT2D eigenvalue weighted by molar-refractivity contribution is 5.85. The normalized spacial score (nSPS) is 10.9. The number of para-hydroxylation sites is 2. The molecule has 1 N–H and O–H groups in total. The van der Waals surface area contributed by atoms with E-state index < -0.39 is 0 Å². The first-order valence-electron chi connectivity index (χ1n) is 9.63. The van der Waals surface area contributed by atoms with Crippen LogP contribution in [0.2, 0.25) is 0 Å². The van der Waals surface area contributed by atoms with Crippen molar-refractivity contribution < 1.29 is 14.1 Å². The summed E-state index contributed by atoms with van der Waals surface area (Å²) in [6, 6.07) is 23.1. The summed E-state index contributed by atoms with van der Waals surface area (Å²) < 4.78 is 16.0. The lowest BCUT2D eigenvalue weighted by atomic mass is 10.2. The van der Waals surface area contributed by atoms with E-state index in [9.17, 15) is 0 Å². The summed E-state index contributed by atoms with van der Waals surface area (Å²) in [5.74, 6) is 2.48. The first-order chi connectivity index (χ1) is 15.3. The second-order valence-electron chi connectivity index (χ2n) is 6.78. The minimum Gasteiger partial charge on any atom is -0.497 e. The first kappa shape index (κ1) is 18.7. The number of H-pyrrole nitrogens is 1. The molecular weight excluding hydrogens is 394 g/mol. The molecule has 31 heavy (non-hydrogen) atoms. The van der Waals surface area contributed by atoms with Gasteiger partial charge < -0.3 is 14.5 Å². The lowest BCUT2D eigenvalue weighted by Crippen LogP contribution is -2.12. The van der Waals surface area contributed by atoms with Gasteiger partial charge in [-0.2, -0.15) is 0 Å². The summed E-state index contributed by atoms with van der Waals surface area (Å²) in [6.45, 7) is 0. The topological polar surface area (TPSA) is 89.3 Å². The van der Waals surface area contributed by atoms with Crippen LogP contribution in [0.4, 0.5) is 17.2 Å². The molecule has 2 aromatic heterocycles. The third-order valence-corrected chi connectivity index (χ3v) is 4.92. The van der Waals surface area contributed by atoms with E-state index in [1.807, 2.05) is 77.7 Å². The highest BCUT2D eigenvalue weighted by atomic mass is 16.6. The molecule has 0 spiro atoms. The number of imidazole rings is 1. The van der Waals surface area contributed by atoms with E-state index in [1.165, 1.54) is 0 Å². The molecule has 0 aliphatic heterocycles. The van der Waals surface area contributed by atoms with Gasteiger partial charge in [0.25, 0.3) is 0 Å². The molecule has 5 rings (SSSR count). The molecule has 0 aliphatic carbocycles. The molecule has 8 nitrogen and oxygen atoms in total. The van der Waals surface area contributed by atoms with Crippen LogP contribution in [0.5, 0.6) is 11.5 Å². The standard InChI is InChI=1S/C23H19N5O3/c1-29-17-9-5-7-15(13-17)28(16-8-6-10-18(14-16)30-2)23-21(26-31-27-23)22-24-19-11-3-4-12-20(19)25-22/h3-14H,1-2H3,(H,24,25). The van der Waals surface area contributed by atoms with Crippen LogP contribution in [0.15, 0.2) is 77.4 Å². The van der Waals surface area contributed by atoms with E-state index in [4.69, 9.17) is 14.1 Å². The number of nitrogens with zero attached hydrogens (tertiary/aromatic N) is 4. The van der Waals surface area contributed by atoms with Crippen LogP contribution in [0.3, 0.4) is 0 Å². The summed E-state index contributed by atoms with van der Waals surface area (Å²) in [6.07, 6.45) is 0. The Bertz CT molecular complexity index is 1260. The summed E-state index contributed by atoms with van der Waals surface area (Å²) in [7, 11) is 3.26. The molecule has 0 atom stereocenters. The highest BCUT2D eigenvalue weighted by Crippen LogP contribution is 2.40. The Kier molecular flexibility index (Phi) is 4.72. The zero-order valence-corrected chi connectivity index (χ0v) is 16.9. The number of anilines is 3. The minimum absolute atomic E-state index is 0.487. The van der Waals surface area contributed by atoms with Crippen molar-refractivity contribution in [2.45, 2.75) is 0 Å². The molecule has 0 fully saturated rings. The molecule has 0 unspecified atom stereocenters. The van der Waals surface area contributed by atoms with Gasteiger partial charge in [0.15, 0.2) is 11.5 Å². The Morgan fingerprint density at radius 1 is 0.806 bits per heavy atom. The molecule has 0 saturated heterocycles. The van der Waals surface area contributed by atoms with Crippen molar-refractivity contribution in [3.63, 3.8) is 0 Å². The molecule has 5 aromatic rings. The minimum atomic E-state index is 0.487. The molecule has 0 bridgehead atoms. The van der Waals surface area contributed by atoms with Crippen LogP contribution < -0.4 is 14.4 Å². The number of nitrogens with one attached hydrogen (secondary N) is 1. The summed E-state index contributed by atoms with van der Waals surface area (Å²) in [5, 5.41) is 8.38. The van der Waals surface area contributed by atoms with Crippen molar-refractivity contribution in [2.24, 2.45) is 0 Å². The Morgan fingerprint density at radius 3 is 2.13 bits per heavy atom. The SMILES string of the molecule is COc1cccc(N(c2cccc(OC)c2)c2nonc2-c2nc3ccccc3[nH]2)c1. The van der Waals surface area contributed by atoms with E-state index in [2.05, 4.69) is 20.3 Å². The fourth-order valence-electron chi connectivity index (χ4n) is 3.44. The maximum atomic E-state index is 5.43. The van der Waals surface area contributed by atoms with Gasteiger partial charge in [-0.15, -0.1) is 0 Å². The number of fused-ring (bicyclic) bond motifs is 1. The Morgan fingerprint density at radius 2 is 1.48 bits per heavy atom. The van der Waals surface area contributed by atoms with E-state index in [1.54, 1.807) is 14.2 Å². The van der Waals surface area contributed by atoms with Crippen LogP contribution in [0.1, 0.15) is 0 Å². The van der Waals surface area contributed by atoms with Crippen molar-refractivity contribution in [1.82, 2.24) is 20.3 Å². The van der Waals surface area contributed by atoms with Gasteiger partial charge in [-0.3, -0.25) is 4.90 Å². The molecule has 2 heterocycles. The molecule has 0 saturated carbocycles. The number of hydrogen-bond acceptors (Lipinski definition) is 7. The van der Waals surface area contributed by atoms with E-state index in [-0.39, 0.29) is 0 Å². The number of rotatable bonds is 6. The molecule has 0 aliphatic rings. The zero-order valence-electron chi connectivity index (χ0n) is 16.9. The van der Waals surface area contributed by atoms with Gasteiger partial charge >= 0.3 is 0 Å². The molecular formula is C23H19N5O3. The molecule has 3 aromatic carbocycles. The van der Waals surface area contributed by atoms with Gasteiger partial charge in [-0.1, -0.05) is 24.3 Å².